The number of rotatable bonds is 8. The zero-order chi connectivity index (χ0) is 24.4. The van der Waals surface area contributed by atoms with Crippen LogP contribution in [0.15, 0.2) is 48.5 Å². The number of carbonyl (C=O) groups excluding carboxylic acids is 2. The van der Waals surface area contributed by atoms with E-state index in [1.165, 1.54) is 11.1 Å². The molecule has 1 saturated carbocycles. The molecule has 2 aromatic rings. The summed E-state index contributed by atoms with van der Waals surface area (Å²) < 4.78 is 0. The zero-order valence-corrected chi connectivity index (χ0v) is 20.4. The van der Waals surface area contributed by atoms with E-state index in [-0.39, 0.29) is 18.4 Å². The molecule has 3 atom stereocenters. The van der Waals surface area contributed by atoms with Gasteiger partial charge >= 0.3 is 0 Å². The average molecular weight is 477 g/mol. The first kappa shape index (κ1) is 23.8. The van der Waals surface area contributed by atoms with E-state index < -0.39 is 6.10 Å². The number of fused-ring (bicyclic) bond motifs is 3. The Kier molecular flexibility index (Phi) is 7.07. The molecule has 2 aliphatic carbocycles. The van der Waals surface area contributed by atoms with Crippen LogP contribution >= 0.6 is 0 Å². The molecule has 35 heavy (non-hydrogen) atoms. The van der Waals surface area contributed by atoms with Gasteiger partial charge in [0.1, 0.15) is 0 Å². The van der Waals surface area contributed by atoms with Gasteiger partial charge in [-0.2, -0.15) is 0 Å². The lowest BCUT2D eigenvalue weighted by Gasteiger charge is -2.38. The van der Waals surface area contributed by atoms with Gasteiger partial charge in [-0.15, -0.1) is 0 Å². The Bertz CT molecular complexity index is 1030. The molecule has 4 N–H and O–H groups in total. The Morgan fingerprint density at radius 1 is 1.00 bits per heavy atom. The van der Waals surface area contributed by atoms with Crippen LogP contribution in [0.2, 0.25) is 0 Å². The van der Waals surface area contributed by atoms with Gasteiger partial charge < -0.3 is 26.0 Å². The Labute approximate surface area is 207 Å². The number of hydrogen-bond donors (Lipinski definition) is 4. The first-order valence-corrected chi connectivity index (χ1v) is 12.8. The van der Waals surface area contributed by atoms with Gasteiger partial charge in [-0.25, -0.2) is 0 Å². The lowest BCUT2D eigenvalue weighted by Crippen LogP contribution is -2.49. The third-order valence-electron chi connectivity index (χ3n) is 7.93. The Morgan fingerprint density at radius 3 is 2.34 bits per heavy atom. The molecule has 1 heterocycles. The van der Waals surface area contributed by atoms with Crippen molar-refractivity contribution in [1.82, 2.24) is 15.5 Å². The molecule has 0 radical (unpaired) electrons. The first-order chi connectivity index (χ1) is 17.0. The predicted molar refractivity (Wildman–Crippen MR) is 136 cm³/mol. The van der Waals surface area contributed by atoms with Gasteiger partial charge in [-0.1, -0.05) is 30.3 Å². The lowest BCUT2D eigenvalue weighted by molar-refractivity contribution is -0.131. The summed E-state index contributed by atoms with van der Waals surface area (Å²) >= 11 is 0. The molecule has 2 aromatic carbocycles. The van der Waals surface area contributed by atoms with Crippen LogP contribution in [-0.4, -0.2) is 66.2 Å². The summed E-state index contributed by atoms with van der Waals surface area (Å²) in [6.45, 7) is 3.92. The van der Waals surface area contributed by atoms with Crippen molar-refractivity contribution in [3.05, 3.63) is 65.2 Å². The maximum atomic E-state index is 12.7. The number of carbonyl (C=O) groups is 2. The highest BCUT2D eigenvalue weighted by molar-refractivity contribution is 5.95. The number of nitrogens with one attached hydrogen (secondary N) is 3. The average Bonchev–Trinajstić information content (AvgIpc) is 3.36. The van der Waals surface area contributed by atoms with Crippen molar-refractivity contribution in [2.45, 2.75) is 50.8 Å². The number of amides is 2. The molecular weight excluding hydrogens is 440 g/mol. The molecule has 7 heteroatoms. The van der Waals surface area contributed by atoms with Crippen molar-refractivity contribution in [2.75, 3.05) is 31.5 Å². The SMILES string of the molecule is CC(=O)N1CC2CCC(C1)C2Nc1cccc(C(=O)NC[C@@H](O)CNC2Cc3ccccc3C2)c1. The molecule has 2 unspecified atom stereocenters. The fourth-order valence-electron chi connectivity index (χ4n) is 6.05. The monoisotopic (exact) mass is 476 g/mol. The van der Waals surface area contributed by atoms with Gasteiger partial charge in [0.2, 0.25) is 5.91 Å². The summed E-state index contributed by atoms with van der Waals surface area (Å²) in [4.78, 5) is 26.5. The lowest BCUT2D eigenvalue weighted by atomic mass is 9.91. The molecule has 3 aliphatic rings. The molecule has 1 saturated heterocycles. The first-order valence-electron chi connectivity index (χ1n) is 12.8. The van der Waals surface area contributed by atoms with Crippen molar-refractivity contribution in [3.63, 3.8) is 0 Å². The maximum Gasteiger partial charge on any atom is 0.251 e. The number of aliphatic hydroxyl groups is 1. The van der Waals surface area contributed by atoms with E-state index in [0.717, 1.165) is 44.5 Å². The van der Waals surface area contributed by atoms with Crippen molar-refractivity contribution < 1.29 is 14.7 Å². The number of anilines is 1. The van der Waals surface area contributed by atoms with Crippen LogP contribution in [0.5, 0.6) is 0 Å². The normalized spacial score (nSPS) is 24.2. The van der Waals surface area contributed by atoms with E-state index in [4.69, 9.17) is 0 Å². The number of nitrogens with zero attached hydrogens (tertiary/aromatic N) is 1. The Morgan fingerprint density at radius 2 is 1.69 bits per heavy atom. The smallest absolute Gasteiger partial charge is 0.251 e. The number of likely N-dealkylation sites (tertiary alicyclic amines) is 1. The van der Waals surface area contributed by atoms with Crippen LogP contribution in [0.25, 0.3) is 0 Å². The second-order valence-electron chi connectivity index (χ2n) is 10.4. The second kappa shape index (κ2) is 10.4. The minimum atomic E-state index is -0.647. The van der Waals surface area contributed by atoms with E-state index in [1.807, 2.05) is 23.1 Å². The minimum absolute atomic E-state index is 0.157. The minimum Gasteiger partial charge on any atom is -0.390 e. The van der Waals surface area contributed by atoms with Crippen molar-refractivity contribution in [1.29, 1.82) is 0 Å². The third kappa shape index (κ3) is 5.52. The van der Waals surface area contributed by atoms with Gasteiger partial charge in [0, 0.05) is 56.4 Å². The number of hydrogen-bond acceptors (Lipinski definition) is 5. The van der Waals surface area contributed by atoms with Crippen LogP contribution in [0.1, 0.15) is 41.3 Å². The van der Waals surface area contributed by atoms with Crippen LogP contribution in [0.3, 0.4) is 0 Å². The van der Waals surface area contributed by atoms with E-state index in [9.17, 15) is 14.7 Å². The summed E-state index contributed by atoms with van der Waals surface area (Å²) in [6, 6.07) is 16.7. The zero-order valence-electron chi connectivity index (χ0n) is 20.4. The summed E-state index contributed by atoms with van der Waals surface area (Å²) in [5, 5.41) is 20.3. The van der Waals surface area contributed by atoms with Crippen LogP contribution < -0.4 is 16.0 Å². The molecule has 186 valence electrons. The highest BCUT2D eigenvalue weighted by Crippen LogP contribution is 2.38. The van der Waals surface area contributed by atoms with Crippen molar-refractivity contribution >= 4 is 17.5 Å². The molecule has 2 fully saturated rings. The Hall–Kier alpha value is -2.90. The van der Waals surface area contributed by atoms with Gasteiger partial charge in [0.25, 0.3) is 5.91 Å². The van der Waals surface area contributed by atoms with Gasteiger partial charge in [0.05, 0.1) is 6.10 Å². The summed E-state index contributed by atoms with van der Waals surface area (Å²) in [5.74, 6) is 0.871. The highest BCUT2D eigenvalue weighted by Gasteiger charge is 2.42. The maximum absolute atomic E-state index is 12.7. The quantitative estimate of drug-likeness (QED) is 0.469. The van der Waals surface area contributed by atoms with E-state index in [0.29, 0.717) is 36.0 Å². The van der Waals surface area contributed by atoms with Crippen LogP contribution in [-0.2, 0) is 17.6 Å². The second-order valence-corrected chi connectivity index (χ2v) is 10.4. The summed E-state index contributed by atoms with van der Waals surface area (Å²) in [6.07, 6.45) is 3.57. The largest absolute Gasteiger partial charge is 0.390 e. The molecule has 0 aromatic heterocycles. The molecule has 2 bridgehead atoms. The standard InChI is InChI=1S/C28H36N4O3/c1-18(33)32-16-22-9-10-23(17-32)27(22)31-24-8-4-7-21(13-24)28(35)30-15-26(34)14-29-25-11-19-5-2-3-6-20(19)12-25/h2-8,13,22-23,25-27,29,31,34H,9-12,14-17H2,1H3,(H,30,35)/t22?,23?,26-,27?/m0/s1. The molecule has 1 aliphatic heterocycles. The van der Waals surface area contributed by atoms with Gasteiger partial charge in [-0.3, -0.25) is 9.59 Å². The molecule has 5 rings (SSSR count). The molecule has 7 nitrogen and oxygen atoms in total. The van der Waals surface area contributed by atoms with Gasteiger partial charge in [0.15, 0.2) is 0 Å². The number of benzene rings is 2. The van der Waals surface area contributed by atoms with E-state index >= 15 is 0 Å². The molecule has 2 amide bonds. The predicted octanol–water partition coefficient (Wildman–Crippen LogP) is 2.20. The highest BCUT2D eigenvalue weighted by atomic mass is 16.3. The van der Waals surface area contributed by atoms with Crippen molar-refractivity contribution in [2.24, 2.45) is 11.8 Å². The Balaban J connectivity index is 1.08. The summed E-state index contributed by atoms with van der Waals surface area (Å²) in [5.41, 5.74) is 4.26. The van der Waals surface area contributed by atoms with E-state index in [2.05, 4.69) is 40.2 Å². The van der Waals surface area contributed by atoms with Gasteiger partial charge in [-0.05, 0) is 66.8 Å². The molecular formula is C28H36N4O3. The fourth-order valence-corrected chi connectivity index (χ4v) is 6.05. The van der Waals surface area contributed by atoms with Crippen molar-refractivity contribution in [3.8, 4) is 0 Å². The third-order valence-corrected chi connectivity index (χ3v) is 7.93. The summed E-state index contributed by atoms with van der Waals surface area (Å²) in [7, 11) is 0. The number of piperidine rings is 1. The van der Waals surface area contributed by atoms with Crippen LogP contribution in [0.4, 0.5) is 5.69 Å². The van der Waals surface area contributed by atoms with E-state index in [1.54, 1.807) is 13.0 Å². The molecule has 0 spiro atoms. The van der Waals surface area contributed by atoms with Crippen LogP contribution in [0, 0.1) is 11.8 Å². The fraction of sp³-hybridized carbons (Fsp3) is 0.500. The topological polar surface area (TPSA) is 93.7 Å². The number of aliphatic hydroxyl groups excluding tert-OH is 1.